The van der Waals surface area contributed by atoms with Gasteiger partial charge in [-0.3, -0.25) is 0 Å². The molecule has 2 aromatic carbocycles. The molecule has 0 saturated heterocycles. The largest absolute Gasteiger partial charge is 0.490 e. The van der Waals surface area contributed by atoms with Gasteiger partial charge in [0.15, 0.2) is 0 Å². The van der Waals surface area contributed by atoms with Crippen LogP contribution in [0, 0.1) is 0 Å². The zero-order valence-corrected chi connectivity index (χ0v) is 15.9. The van der Waals surface area contributed by atoms with Crippen LogP contribution < -0.4 is 9.64 Å². The first-order valence-electron chi connectivity index (χ1n) is 9.41. The molecule has 0 bridgehead atoms. The molecule has 0 unspecified atom stereocenters. The third kappa shape index (κ3) is 4.66. The van der Waals surface area contributed by atoms with Gasteiger partial charge in [0.1, 0.15) is 12.4 Å². The molecule has 0 aliphatic carbocycles. The summed E-state index contributed by atoms with van der Waals surface area (Å²) in [5, 5.41) is 10.3. The Bertz CT molecular complexity index is 917. The van der Waals surface area contributed by atoms with E-state index in [2.05, 4.69) is 48.0 Å². The van der Waals surface area contributed by atoms with Gasteiger partial charge in [0.2, 0.25) is 0 Å². The highest BCUT2D eigenvalue weighted by molar-refractivity contribution is 5.81. The SMILES string of the molecule is CCN(CC)c1ccc(/C=C/c2ccc3ccccc3n2)c(OCCO)c1. The van der Waals surface area contributed by atoms with Crippen LogP contribution >= 0.6 is 0 Å². The average molecular weight is 362 g/mol. The van der Waals surface area contributed by atoms with E-state index in [4.69, 9.17) is 9.84 Å². The Morgan fingerprint density at radius 2 is 1.81 bits per heavy atom. The molecule has 0 saturated carbocycles. The van der Waals surface area contributed by atoms with Crippen LogP contribution in [0.5, 0.6) is 5.75 Å². The second kappa shape index (κ2) is 9.19. The van der Waals surface area contributed by atoms with E-state index in [0.717, 1.165) is 46.7 Å². The van der Waals surface area contributed by atoms with Gasteiger partial charge >= 0.3 is 0 Å². The minimum atomic E-state index is -0.00905. The maximum Gasteiger partial charge on any atom is 0.128 e. The second-order valence-electron chi connectivity index (χ2n) is 6.23. The first-order chi connectivity index (χ1) is 13.2. The minimum Gasteiger partial charge on any atom is -0.490 e. The van der Waals surface area contributed by atoms with Crippen molar-refractivity contribution in [2.45, 2.75) is 13.8 Å². The monoisotopic (exact) mass is 362 g/mol. The van der Waals surface area contributed by atoms with E-state index in [-0.39, 0.29) is 13.2 Å². The number of aliphatic hydroxyl groups excluding tert-OH is 1. The molecule has 0 aliphatic heterocycles. The van der Waals surface area contributed by atoms with Crippen molar-refractivity contribution >= 4 is 28.7 Å². The van der Waals surface area contributed by atoms with Crippen LogP contribution in [0.3, 0.4) is 0 Å². The molecule has 0 aliphatic rings. The number of para-hydroxylation sites is 1. The second-order valence-corrected chi connectivity index (χ2v) is 6.23. The van der Waals surface area contributed by atoms with Crippen molar-refractivity contribution < 1.29 is 9.84 Å². The number of nitrogens with zero attached hydrogens (tertiary/aromatic N) is 2. The van der Waals surface area contributed by atoms with E-state index in [1.54, 1.807) is 0 Å². The van der Waals surface area contributed by atoms with Crippen molar-refractivity contribution in [3.05, 3.63) is 65.9 Å². The Hall–Kier alpha value is -2.85. The van der Waals surface area contributed by atoms with Gasteiger partial charge < -0.3 is 14.7 Å². The van der Waals surface area contributed by atoms with Crippen LogP contribution in [0.2, 0.25) is 0 Å². The van der Waals surface area contributed by atoms with E-state index in [1.807, 2.05) is 42.5 Å². The molecule has 1 aromatic heterocycles. The van der Waals surface area contributed by atoms with Crippen LogP contribution in [-0.2, 0) is 0 Å². The number of hydrogen-bond acceptors (Lipinski definition) is 4. The predicted molar refractivity (Wildman–Crippen MR) is 113 cm³/mol. The number of anilines is 1. The average Bonchev–Trinajstić information content (AvgIpc) is 2.72. The van der Waals surface area contributed by atoms with Gasteiger partial charge in [-0.25, -0.2) is 4.98 Å². The van der Waals surface area contributed by atoms with Crippen molar-refractivity contribution in [1.82, 2.24) is 4.98 Å². The maximum absolute atomic E-state index is 9.13. The Balaban J connectivity index is 1.89. The first-order valence-corrected chi connectivity index (χ1v) is 9.41. The molecule has 140 valence electrons. The molecular weight excluding hydrogens is 336 g/mol. The topological polar surface area (TPSA) is 45.6 Å². The summed E-state index contributed by atoms with van der Waals surface area (Å²) in [4.78, 5) is 6.95. The van der Waals surface area contributed by atoms with E-state index in [1.165, 1.54) is 0 Å². The molecule has 0 spiro atoms. The normalized spacial score (nSPS) is 11.2. The Morgan fingerprint density at radius 3 is 2.59 bits per heavy atom. The van der Waals surface area contributed by atoms with Crippen LogP contribution in [0.1, 0.15) is 25.1 Å². The molecule has 0 radical (unpaired) electrons. The summed E-state index contributed by atoms with van der Waals surface area (Å²) in [5.41, 5.74) is 3.96. The molecule has 4 heteroatoms. The molecule has 1 heterocycles. The van der Waals surface area contributed by atoms with Gasteiger partial charge in [-0.1, -0.05) is 24.3 Å². The minimum absolute atomic E-state index is 0.00905. The van der Waals surface area contributed by atoms with Crippen molar-refractivity contribution in [2.75, 3.05) is 31.2 Å². The van der Waals surface area contributed by atoms with Crippen LogP contribution in [0.15, 0.2) is 54.6 Å². The standard InChI is InChI=1S/C23H26N2O2/c1-3-25(4-2)21-14-11-19(23(17-21)27-16-15-26)10-13-20-12-9-18-7-5-6-8-22(18)24-20/h5-14,17,26H,3-4,15-16H2,1-2H3/b13-10+. The van der Waals surface area contributed by atoms with Gasteiger partial charge in [-0.2, -0.15) is 0 Å². The zero-order chi connectivity index (χ0) is 19.1. The quantitative estimate of drug-likeness (QED) is 0.635. The van der Waals surface area contributed by atoms with Gasteiger partial charge in [0.25, 0.3) is 0 Å². The number of rotatable bonds is 8. The van der Waals surface area contributed by atoms with Gasteiger partial charge in [0, 0.05) is 35.8 Å². The Morgan fingerprint density at radius 1 is 1.00 bits per heavy atom. The summed E-state index contributed by atoms with van der Waals surface area (Å²) in [7, 11) is 0. The summed E-state index contributed by atoms with van der Waals surface area (Å²) >= 11 is 0. The highest BCUT2D eigenvalue weighted by atomic mass is 16.5. The van der Waals surface area contributed by atoms with Gasteiger partial charge in [-0.05, 0) is 50.3 Å². The lowest BCUT2D eigenvalue weighted by molar-refractivity contribution is 0.201. The Kier molecular flexibility index (Phi) is 6.44. The number of pyridine rings is 1. The van der Waals surface area contributed by atoms with Gasteiger partial charge in [0.05, 0.1) is 17.8 Å². The van der Waals surface area contributed by atoms with Crippen molar-refractivity contribution in [3.8, 4) is 5.75 Å². The third-order valence-corrected chi connectivity index (χ3v) is 4.53. The molecule has 1 N–H and O–H groups in total. The van der Waals surface area contributed by atoms with E-state index < -0.39 is 0 Å². The number of aliphatic hydroxyl groups is 1. The zero-order valence-electron chi connectivity index (χ0n) is 15.9. The Labute approximate surface area is 160 Å². The number of hydrogen-bond donors (Lipinski definition) is 1. The van der Waals surface area contributed by atoms with Crippen molar-refractivity contribution in [3.63, 3.8) is 0 Å². The number of fused-ring (bicyclic) bond motifs is 1. The summed E-state index contributed by atoms with van der Waals surface area (Å²) in [6.07, 6.45) is 4.00. The van der Waals surface area contributed by atoms with Crippen LogP contribution in [-0.4, -0.2) is 36.4 Å². The number of ether oxygens (including phenoxy) is 1. The molecule has 0 fully saturated rings. The van der Waals surface area contributed by atoms with Crippen molar-refractivity contribution in [2.24, 2.45) is 0 Å². The summed E-state index contributed by atoms with van der Waals surface area (Å²) in [6.45, 7) is 6.41. The fourth-order valence-corrected chi connectivity index (χ4v) is 3.08. The fourth-order valence-electron chi connectivity index (χ4n) is 3.08. The highest BCUT2D eigenvalue weighted by Gasteiger charge is 2.07. The van der Waals surface area contributed by atoms with Gasteiger partial charge in [-0.15, -0.1) is 0 Å². The number of aromatic nitrogens is 1. The van der Waals surface area contributed by atoms with Crippen LogP contribution in [0.4, 0.5) is 5.69 Å². The fraction of sp³-hybridized carbons (Fsp3) is 0.261. The molecule has 0 atom stereocenters. The van der Waals surface area contributed by atoms with E-state index >= 15 is 0 Å². The number of benzene rings is 2. The predicted octanol–water partition coefficient (Wildman–Crippen LogP) is 4.62. The lowest BCUT2D eigenvalue weighted by atomic mass is 10.1. The van der Waals surface area contributed by atoms with E-state index in [9.17, 15) is 0 Å². The molecule has 3 rings (SSSR count). The molecule has 27 heavy (non-hydrogen) atoms. The smallest absolute Gasteiger partial charge is 0.128 e. The lowest BCUT2D eigenvalue weighted by Gasteiger charge is -2.22. The van der Waals surface area contributed by atoms with E-state index in [0.29, 0.717) is 0 Å². The van der Waals surface area contributed by atoms with Crippen molar-refractivity contribution in [1.29, 1.82) is 0 Å². The lowest BCUT2D eigenvalue weighted by Crippen LogP contribution is -2.21. The molecule has 4 nitrogen and oxygen atoms in total. The summed E-state index contributed by atoms with van der Waals surface area (Å²) in [6, 6.07) is 18.4. The maximum atomic E-state index is 9.13. The van der Waals surface area contributed by atoms with Crippen LogP contribution in [0.25, 0.3) is 23.1 Å². The first kappa shape index (κ1) is 18.9. The molecule has 0 amide bonds. The highest BCUT2D eigenvalue weighted by Crippen LogP contribution is 2.27. The molecule has 3 aromatic rings. The third-order valence-electron chi connectivity index (χ3n) is 4.53. The summed E-state index contributed by atoms with van der Waals surface area (Å²) < 4.78 is 5.78. The molecular formula is C23H26N2O2. The summed E-state index contributed by atoms with van der Waals surface area (Å²) in [5.74, 6) is 0.769.